The van der Waals surface area contributed by atoms with E-state index in [1.807, 2.05) is 31.1 Å². The predicted octanol–water partition coefficient (Wildman–Crippen LogP) is 0.611. The van der Waals surface area contributed by atoms with Crippen molar-refractivity contribution in [3.8, 4) is 5.75 Å². The van der Waals surface area contributed by atoms with Gasteiger partial charge in [-0.15, -0.1) is 0 Å². The summed E-state index contributed by atoms with van der Waals surface area (Å²) in [6.45, 7) is 2.68. The van der Waals surface area contributed by atoms with E-state index in [0.29, 0.717) is 17.8 Å². The monoisotopic (exact) mass is 237 g/mol. The maximum absolute atomic E-state index is 9.44. The molecule has 0 spiro atoms. The molecule has 4 nitrogen and oxygen atoms in total. The molecule has 0 radical (unpaired) electrons. The Kier molecular flexibility index (Phi) is 5.32. The van der Waals surface area contributed by atoms with Gasteiger partial charge in [-0.05, 0) is 18.6 Å². The molecule has 2 N–H and O–H groups in total. The first-order chi connectivity index (χ1) is 8.07. The van der Waals surface area contributed by atoms with Crippen LogP contribution in [0.1, 0.15) is 19.8 Å². The van der Waals surface area contributed by atoms with E-state index in [2.05, 4.69) is 6.92 Å². The molecule has 5 heteroatoms. The van der Waals surface area contributed by atoms with E-state index < -0.39 is 7.12 Å². The number of anilines is 1. The Bertz CT molecular complexity index is 356. The van der Waals surface area contributed by atoms with E-state index in [-0.39, 0.29) is 0 Å². The zero-order valence-corrected chi connectivity index (χ0v) is 10.7. The lowest BCUT2D eigenvalue weighted by molar-refractivity contribution is 0.310. The van der Waals surface area contributed by atoms with Crippen molar-refractivity contribution in [1.29, 1.82) is 0 Å². The molecule has 0 aliphatic rings. The molecule has 0 aliphatic heterocycles. The molecule has 1 aromatic rings. The fourth-order valence-electron chi connectivity index (χ4n) is 1.63. The van der Waals surface area contributed by atoms with E-state index >= 15 is 0 Å². The summed E-state index contributed by atoms with van der Waals surface area (Å²) in [6.07, 6.45) is 2.00. The molecule has 94 valence electrons. The molecule has 0 saturated heterocycles. The van der Waals surface area contributed by atoms with Crippen molar-refractivity contribution in [1.82, 2.24) is 0 Å². The second-order valence-electron chi connectivity index (χ2n) is 4.16. The summed E-state index contributed by atoms with van der Waals surface area (Å²) in [6, 6.07) is 5.45. The Morgan fingerprint density at radius 1 is 1.29 bits per heavy atom. The van der Waals surface area contributed by atoms with Crippen LogP contribution in [-0.2, 0) is 0 Å². The number of hydrogen-bond acceptors (Lipinski definition) is 4. The number of rotatable bonds is 6. The molecule has 0 heterocycles. The van der Waals surface area contributed by atoms with Crippen LogP contribution >= 0.6 is 0 Å². The van der Waals surface area contributed by atoms with E-state index in [1.54, 1.807) is 6.07 Å². The number of unbranched alkanes of at least 4 members (excludes halogenated alkanes) is 1. The summed E-state index contributed by atoms with van der Waals surface area (Å²) in [5, 5.41) is 18.9. The normalized spacial score (nSPS) is 10.2. The first-order valence-corrected chi connectivity index (χ1v) is 5.87. The average molecular weight is 237 g/mol. The van der Waals surface area contributed by atoms with Crippen molar-refractivity contribution >= 4 is 18.3 Å². The minimum Gasteiger partial charge on any atom is -0.494 e. The van der Waals surface area contributed by atoms with Crippen LogP contribution in [0, 0.1) is 0 Å². The topological polar surface area (TPSA) is 52.9 Å². The lowest BCUT2D eigenvalue weighted by Gasteiger charge is -2.20. The van der Waals surface area contributed by atoms with Gasteiger partial charge in [0.05, 0.1) is 6.61 Å². The number of hydrogen-bond donors (Lipinski definition) is 2. The molecule has 0 atom stereocenters. The minimum atomic E-state index is -1.52. The molecule has 0 amide bonds. The predicted molar refractivity (Wildman–Crippen MR) is 71.0 cm³/mol. The van der Waals surface area contributed by atoms with E-state index in [9.17, 15) is 10.0 Å². The van der Waals surface area contributed by atoms with Crippen molar-refractivity contribution in [2.24, 2.45) is 0 Å². The summed E-state index contributed by atoms with van der Waals surface area (Å²) in [5.41, 5.74) is 1.18. The molecular formula is C12H20BNO3. The van der Waals surface area contributed by atoms with Crippen molar-refractivity contribution < 1.29 is 14.8 Å². The third-order valence-corrected chi connectivity index (χ3v) is 2.54. The zero-order valence-electron chi connectivity index (χ0n) is 10.7. The first-order valence-electron chi connectivity index (χ1n) is 5.87. The first kappa shape index (κ1) is 13.9. The fraction of sp³-hybridized carbons (Fsp3) is 0.500. The lowest BCUT2D eigenvalue weighted by atomic mass is 9.78. The molecule has 0 fully saturated rings. The third kappa shape index (κ3) is 3.65. The molecule has 0 saturated carbocycles. The van der Waals surface area contributed by atoms with E-state index in [0.717, 1.165) is 18.5 Å². The molecule has 0 bridgehead atoms. The molecule has 0 unspecified atom stereocenters. The van der Waals surface area contributed by atoms with Crippen molar-refractivity contribution in [2.75, 3.05) is 25.6 Å². The van der Waals surface area contributed by atoms with Gasteiger partial charge in [-0.25, -0.2) is 0 Å². The largest absolute Gasteiger partial charge is 0.494 e. The molecule has 0 aliphatic carbocycles. The van der Waals surface area contributed by atoms with Gasteiger partial charge in [-0.2, -0.15) is 0 Å². The average Bonchev–Trinajstić information content (AvgIpc) is 2.28. The summed E-state index contributed by atoms with van der Waals surface area (Å²) >= 11 is 0. The van der Waals surface area contributed by atoms with Crippen LogP contribution in [0.25, 0.3) is 0 Å². The minimum absolute atomic E-state index is 0.425. The number of benzene rings is 1. The van der Waals surface area contributed by atoms with Crippen LogP contribution in [0.5, 0.6) is 5.75 Å². The summed E-state index contributed by atoms with van der Waals surface area (Å²) in [7, 11) is 2.19. The SMILES string of the molecule is CCCCOc1cccc(N(C)C)c1B(O)O. The van der Waals surface area contributed by atoms with Gasteiger partial charge in [0.1, 0.15) is 5.75 Å². The Balaban J connectivity index is 2.98. The maximum atomic E-state index is 9.44. The second-order valence-corrected chi connectivity index (χ2v) is 4.16. The van der Waals surface area contributed by atoms with Crippen LogP contribution < -0.4 is 15.1 Å². The van der Waals surface area contributed by atoms with Gasteiger partial charge < -0.3 is 19.7 Å². The van der Waals surface area contributed by atoms with Gasteiger partial charge in [0, 0.05) is 25.2 Å². The fourth-order valence-corrected chi connectivity index (χ4v) is 1.63. The highest BCUT2D eigenvalue weighted by molar-refractivity contribution is 6.61. The van der Waals surface area contributed by atoms with E-state index in [4.69, 9.17) is 4.74 Å². The maximum Gasteiger partial charge on any atom is 0.494 e. The van der Waals surface area contributed by atoms with Crippen molar-refractivity contribution in [2.45, 2.75) is 19.8 Å². The van der Waals surface area contributed by atoms with Gasteiger partial charge in [0.25, 0.3) is 0 Å². The molecule has 1 rings (SSSR count). The smallest absolute Gasteiger partial charge is 0.494 e. The third-order valence-electron chi connectivity index (χ3n) is 2.54. The summed E-state index contributed by atoms with van der Waals surface area (Å²) in [5.74, 6) is 0.541. The Hall–Kier alpha value is -1.20. The van der Waals surface area contributed by atoms with Gasteiger partial charge >= 0.3 is 7.12 Å². The Morgan fingerprint density at radius 2 is 2.00 bits per heavy atom. The van der Waals surface area contributed by atoms with Gasteiger partial charge in [-0.3, -0.25) is 0 Å². The molecule has 0 aromatic heterocycles. The standard InChI is InChI=1S/C12H20BNO3/c1-4-5-9-17-11-8-6-7-10(14(2)3)12(11)13(15)16/h6-8,15-16H,4-5,9H2,1-3H3. The molecular weight excluding hydrogens is 217 g/mol. The van der Waals surface area contributed by atoms with Gasteiger partial charge in [0.2, 0.25) is 0 Å². The second kappa shape index (κ2) is 6.52. The van der Waals surface area contributed by atoms with Crippen LogP contribution in [0.2, 0.25) is 0 Å². The Morgan fingerprint density at radius 3 is 2.53 bits per heavy atom. The van der Waals surface area contributed by atoms with Gasteiger partial charge in [0.15, 0.2) is 0 Å². The van der Waals surface area contributed by atoms with Crippen LogP contribution in [0.15, 0.2) is 18.2 Å². The summed E-state index contributed by atoms with van der Waals surface area (Å²) in [4.78, 5) is 1.83. The molecule has 1 aromatic carbocycles. The molecule has 17 heavy (non-hydrogen) atoms. The quantitative estimate of drug-likeness (QED) is 0.562. The van der Waals surface area contributed by atoms with Crippen LogP contribution in [0.3, 0.4) is 0 Å². The zero-order chi connectivity index (χ0) is 12.8. The highest BCUT2D eigenvalue weighted by Gasteiger charge is 2.22. The highest BCUT2D eigenvalue weighted by atomic mass is 16.5. The van der Waals surface area contributed by atoms with Crippen LogP contribution in [0.4, 0.5) is 5.69 Å². The van der Waals surface area contributed by atoms with Crippen molar-refractivity contribution in [3.05, 3.63) is 18.2 Å². The number of nitrogens with zero attached hydrogens (tertiary/aromatic N) is 1. The van der Waals surface area contributed by atoms with Crippen molar-refractivity contribution in [3.63, 3.8) is 0 Å². The van der Waals surface area contributed by atoms with Crippen LogP contribution in [-0.4, -0.2) is 37.9 Å². The van der Waals surface area contributed by atoms with E-state index in [1.165, 1.54) is 0 Å². The summed E-state index contributed by atoms with van der Waals surface area (Å²) < 4.78 is 5.58. The van der Waals surface area contributed by atoms with Gasteiger partial charge in [-0.1, -0.05) is 19.4 Å². The highest BCUT2D eigenvalue weighted by Crippen LogP contribution is 2.17. The lowest BCUT2D eigenvalue weighted by Crippen LogP contribution is -2.36. The number of ether oxygens (including phenoxy) is 1. The Labute approximate surface area is 103 Å².